The fraction of sp³-hybridized carbons (Fsp3) is 0.182. The van der Waals surface area contributed by atoms with Crippen molar-refractivity contribution in [3.05, 3.63) is 87.8 Å². The van der Waals surface area contributed by atoms with Crippen molar-refractivity contribution in [2.24, 2.45) is 0 Å². The van der Waals surface area contributed by atoms with Gasteiger partial charge in [0.25, 0.3) is 17.4 Å². The van der Waals surface area contributed by atoms with Crippen LogP contribution in [0.15, 0.2) is 75.5 Å². The Labute approximate surface area is 182 Å². The van der Waals surface area contributed by atoms with Crippen LogP contribution in [0.25, 0.3) is 0 Å². The molecule has 2 amide bonds. The van der Waals surface area contributed by atoms with Gasteiger partial charge in [-0.15, -0.1) is 11.8 Å². The van der Waals surface area contributed by atoms with Crippen molar-refractivity contribution in [1.29, 1.82) is 0 Å². The smallest absolute Gasteiger partial charge is 0.261 e. The first-order chi connectivity index (χ1) is 14.6. The van der Waals surface area contributed by atoms with E-state index in [1.54, 1.807) is 36.0 Å². The van der Waals surface area contributed by atoms with Crippen LogP contribution in [0.2, 0.25) is 0 Å². The van der Waals surface area contributed by atoms with E-state index in [0.29, 0.717) is 40.8 Å². The number of carbonyl (C=O) groups excluding carboxylic acids is 2. The summed E-state index contributed by atoms with van der Waals surface area (Å²) in [6.45, 7) is 0.340. The zero-order valence-electron chi connectivity index (χ0n) is 16.0. The van der Waals surface area contributed by atoms with Crippen LogP contribution in [0, 0.1) is 0 Å². The molecule has 30 heavy (non-hydrogen) atoms. The van der Waals surface area contributed by atoms with Gasteiger partial charge in [0, 0.05) is 29.0 Å². The number of amides is 2. The van der Waals surface area contributed by atoms with E-state index >= 15 is 0 Å². The third-order valence-corrected chi connectivity index (χ3v) is 6.55. The Bertz CT molecular complexity index is 1100. The van der Waals surface area contributed by atoms with Gasteiger partial charge in [-0.25, -0.2) is 4.98 Å². The van der Waals surface area contributed by atoms with E-state index in [2.05, 4.69) is 9.97 Å². The van der Waals surface area contributed by atoms with Crippen molar-refractivity contribution in [3.8, 4) is 0 Å². The summed E-state index contributed by atoms with van der Waals surface area (Å²) in [5.74, 6) is 0.751. The van der Waals surface area contributed by atoms with Crippen LogP contribution in [-0.2, 0) is 5.75 Å². The van der Waals surface area contributed by atoms with Crippen LogP contribution in [0.1, 0.15) is 32.8 Å². The normalized spacial score (nSPS) is 13.0. The topological polar surface area (TPSA) is 83.1 Å². The minimum atomic E-state index is -0.243. The fourth-order valence-corrected chi connectivity index (χ4v) is 4.77. The molecule has 8 heteroatoms. The van der Waals surface area contributed by atoms with Crippen LogP contribution in [-0.4, -0.2) is 39.0 Å². The molecule has 0 saturated carbocycles. The molecule has 0 fully saturated rings. The Morgan fingerprint density at radius 1 is 0.867 bits per heavy atom. The molecule has 0 radical (unpaired) electrons. The first kappa shape index (κ1) is 20.4. The SMILES string of the molecule is O=C1c2ccccc2C(=O)N1CCCSc1nc(CSc2ccccc2)cc(=O)[nH]1. The Balaban J connectivity index is 1.30. The molecular formula is C22H19N3O3S2. The standard InChI is InChI=1S/C22H19N3O3S2/c26-19-13-15(14-30-16-7-2-1-3-8-16)23-22(24-19)29-12-6-11-25-20(27)17-9-4-5-10-18(17)21(25)28/h1-5,7-10,13H,6,11-12,14H2,(H,23,24,26). The Morgan fingerprint density at radius 3 is 2.23 bits per heavy atom. The zero-order valence-corrected chi connectivity index (χ0v) is 17.7. The molecule has 0 saturated heterocycles. The van der Waals surface area contributed by atoms with Gasteiger partial charge in [0.15, 0.2) is 5.16 Å². The minimum absolute atomic E-state index is 0.184. The second-order valence-corrected chi connectivity index (χ2v) is 8.79. The van der Waals surface area contributed by atoms with Crippen LogP contribution in [0.5, 0.6) is 0 Å². The molecule has 0 unspecified atom stereocenters. The summed E-state index contributed by atoms with van der Waals surface area (Å²) in [7, 11) is 0. The Hall–Kier alpha value is -2.84. The number of aromatic nitrogens is 2. The molecule has 1 aliphatic heterocycles. The quantitative estimate of drug-likeness (QED) is 0.250. The number of H-pyrrole nitrogens is 1. The average molecular weight is 438 g/mol. The first-order valence-corrected chi connectivity index (χ1v) is 11.4. The summed E-state index contributed by atoms with van der Waals surface area (Å²) in [6.07, 6.45) is 0.614. The van der Waals surface area contributed by atoms with E-state index in [-0.39, 0.29) is 17.4 Å². The highest BCUT2D eigenvalue weighted by Crippen LogP contribution is 2.24. The van der Waals surface area contributed by atoms with Gasteiger partial charge in [0.2, 0.25) is 0 Å². The lowest BCUT2D eigenvalue weighted by Gasteiger charge is -2.13. The van der Waals surface area contributed by atoms with Crippen LogP contribution >= 0.6 is 23.5 Å². The van der Waals surface area contributed by atoms with Crippen molar-refractivity contribution >= 4 is 35.3 Å². The van der Waals surface area contributed by atoms with E-state index < -0.39 is 0 Å². The van der Waals surface area contributed by atoms with Gasteiger partial charge in [0.1, 0.15) is 0 Å². The van der Waals surface area contributed by atoms with E-state index in [4.69, 9.17) is 0 Å². The molecule has 0 aliphatic carbocycles. The second kappa shape index (κ2) is 9.32. The molecule has 3 aromatic rings. The number of carbonyl (C=O) groups is 2. The van der Waals surface area contributed by atoms with Gasteiger partial charge >= 0.3 is 0 Å². The number of rotatable bonds is 8. The lowest BCUT2D eigenvalue weighted by atomic mass is 10.1. The summed E-state index contributed by atoms with van der Waals surface area (Å²) in [5.41, 5.74) is 1.46. The van der Waals surface area contributed by atoms with Crippen LogP contribution < -0.4 is 5.56 Å². The lowest BCUT2D eigenvalue weighted by Crippen LogP contribution is -2.31. The van der Waals surface area contributed by atoms with Gasteiger partial charge in [0.05, 0.1) is 16.8 Å². The van der Waals surface area contributed by atoms with Crippen molar-refractivity contribution < 1.29 is 9.59 Å². The van der Waals surface area contributed by atoms with Crippen LogP contribution in [0.4, 0.5) is 0 Å². The largest absolute Gasteiger partial charge is 0.301 e. The lowest BCUT2D eigenvalue weighted by molar-refractivity contribution is 0.0655. The Morgan fingerprint density at radius 2 is 1.53 bits per heavy atom. The van der Waals surface area contributed by atoms with E-state index in [0.717, 1.165) is 10.6 Å². The number of hydrogen-bond donors (Lipinski definition) is 1. The highest BCUT2D eigenvalue weighted by atomic mass is 32.2. The number of aromatic amines is 1. The summed E-state index contributed by atoms with van der Waals surface area (Å²) >= 11 is 3.04. The minimum Gasteiger partial charge on any atom is -0.301 e. The van der Waals surface area contributed by atoms with E-state index in [9.17, 15) is 14.4 Å². The summed E-state index contributed by atoms with van der Waals surface area (Å²) < 4.78 is 0. The molecular weight excluding hydrogens is 418 g/mol. The molecule has 1 N–H and O–H groups in total. The number of fused-ring (bicyclic) bond motifs is 1. The van der Waals surface area contributed by atoms with Gasteiger partial charge in [-0.3, -0.25) is 19.3 Å². The average Bonchev–Trinajstić information content (AvgIpc) is 3.00. The number of nitrogens with zero attached hydrogens (tertiary/aromatic N) is 2. The van der Waals surface area contributed by atoms with Crippen LogP contribution in [0.3, 0.4) is 0 Å². The van der Waals surface area contributed by atoms with E-state index in [1.807, 2.05) is 30.3 Å². The number of imide groups is 1. The molecule has 1 aliphatic rings. The van der Waals surface area contributed by atoms with Gasteiger partial charge < -0.3 is 4.98 Å². The van der Waals surface area contributed by atoms with Crippen molar-refractivity contribution in [2.45, 2.75) is 22.2 Å². The number of nitrogens with one attached hydrogen (secondary N) is 1. The molecule has 2 aromatic carbocycles. The van der Waals surface area contributed by atoms with Gasteiger partial charge in [-0.05, 0) is 30.7 Å². The third-order valence-electron chi connectivity index (χ3n) is 4.55. The third kappa shape index (κ3) is 4.66. The van der Waals surface area contributed by atoms with Crippen molar-refractivity contribution in [2.75, 3.05) is 12.3 Å². The molecule has 6 nitrogen and oxygen atoms in total. The number of benzene rings is 2. The second-order valence-electron chi connectivity index (χ2n) is 6.65. The maximum Gasteiger partial charge on any atom is 0.261 e. The Kier molecular flexibility index (Phi) is 6.35. The predicted molar refractivity (Wildman–Crippen MR) is 118 cm³/mol. The zero-order chi connectivity index (χ0) is 20.9. The monoisotopic (exact) mass is 437 g/mol. The molecule has 0 bridgehead atoms. The maximum absolute atomic E-state index is 12.4. The number of thioether (sulfide) groups is 2. The summed E-state index contributed by atoms with van der Waals surface area (Å²) in [5, 5.41) is 0.550. The molecule has 0 spiro atoms. The molecule has 2 heterocycles. The highest BCUT2D eigenvalue weighted by molar-refractivity contribution is 7.99. The molecule has 4 rings (SSSR count). The number of hydrogen-bond acceptors (Lipinski definition) is 6. The highest BCUT2D eigenvalue weighted by Gasteiger charge is 2.34. The van der Waals surface area contributed by atoms with Gasteiger partial charge in [-0.2, -0.15) is 0 Å². The fourth-order valence-electron chi connectivity index (χ4n) is 3.13. The first-order valence-electron chi connectivity index (χ1n) is 9.48. The van der Waals surface area contributed by atoms with Crippen molar-refractivity contribution in [3.63, 3.8) is 0 Å². The predicted octanol–water partition coefficient (Wildman–Crippen LogP) is 3.84. The maximum atomic E-state index is 12.4. The van der Waals surface area contributed by atoms with Crippen molar-refractivity contribution in [1.82, 2.24) is 14.9 Å². The summed E-state index contributed by atoms with van der Waals surface area (Å²) in [6, 6.07) is 18.3. The molecule has 1 aromatic heterocycles. The molecule has 152 valence electrons. The van der Waals surface area contributed by atoms with Gasteiger partial charge in [-0.1, -0.05) is 42.1 Å². The van der Waals surface area contributed by atoms with E-state index in [1.165, 1.54) is 22.7 Å². The summed E-state index contributed by atoms with van der Waals surface area (Å²) in [4.78, 5) is 46.4. The molecule has 0 atom stereocenters.